The molecule has 0 fully saturated rings. The molecule has 0 aliphatic heterocycles. The molecule has 0 amide bonds. The monoisotopic (exact) mass is 185 g/mol. The van der Waals surface area contributed by atoms with Gasteiger partial charge >= 0.3 is 5.88 Å². The first-order chi connectivity index (χ1) is 6.24. The Balaban J connectivity index is 2.44. The van der Waals surface area contributed by atoms with Crippen LogP contribution in [0.15, 0.2) is 16.5 Å². The topological polar surface area (TPSA) is 94.3 Å². The molecular weight excluding hydrogens is 174 g/mol. The van der Waals surface area contributed by atoms with Crippen molar-refractivity contribution in [2.45, 2.75) is 6.54 Å². The van der Waals surface area contributed by atoms with Crippen LogP contribution >= 0.6 is 0 Å². The number of nitro groups is 1. The molecule has 72 valence electrons. The summed E-state index contributed by atoms with van der Waals surface area (Å²) in [5.74, 6) is 0.310. The van der Waals surface area contributed by atoms with Gasteiger partial charge in [-0.05, 0) is 6.07 Å². The SMILES string of the molecule is NCCNCc1ccc([N+](=O)[O-])o1. The highest BCUT2D eigenvalue weighted by Gasteiger charge is 2.10. The van der Waals surface area contributed by atoms with Crippen molar-refractivity contribution in [3.05, 3.63) is 28.0 Å². The van der Waals surface area contributed by atoms with Crippen LogP contribution in [0.5, 0.6) is 0 Å². The predicted octanol–water partition coefficient (Wildman–Crippen LogP) is 0.236. The normalized spacial score (nSPS) is 10.2. The number of nitrogens with two attached hydrogens (primary N) is 1. The zero-order valence-corrected chi connectivity index (χ0v) is 7.03. The zero-order valence-electron chi connectivity index (χ0n) is 7.03. The summed E-state index contributed by atoms with van der Waals surface area (Å²) < 4.78 is 4.89. The maximum Gasteiger partial charge on any atom is 0.433 e. The van der Waals surface area contributed by atoms with Gasteiger partial charge in [0.15, 0.2) is 0 Å². The zero-order chi connectivity index (χ0) is 9.68. The van der Waals surface area contributed by atoms with Crippen LogP contribution < -0.4 is 11.1 Å². The van der Waals surface area contributed by atoms with Gasteiger partial charge in [0, 0.05) is 13.1 Å². The lowest BCUT2D eigenvalue weighted by atomic mass is 10.4. The maximum absolute atomic E-state index is 10.2. The summed E-state index contributed by atoms with van der Waals surface area (Å²) in [6.07, 6.45) is 0. The van der Waals surface area contributed by atoms with Gasteiger partial charge in [-0.3, -0.25) is 10.1 Å². The van der Waals surface area contributed by atoms with Crippen molar-refractivity contribution < 1.29 is 9.34 Å². The summed E-state index contributed by atoms with van der Waals surface area (Å²) in [5, 5.41) is 13.2. The second-order valence-electron chi connectivity index (χ2n) is 2.46. The summed E-state index contributed by atoms with van der Waals surface area (Å²) in [4.78, 5) is 9.65. The first-order valence-electron chi connectivity index (χ1n) is 3.88. The van der Waals surface area contributed by atoms with Crippen molar-refractivity contribution >= 4 is 5.88 Å². The molecule has 0 radical (unpaired) electrons. The quantitative estimate of drug-likeness (QED) is 0.389. The Morgan fingerprint density at radius 3 is 2.92 bits per heavy atom. The first-order valence-corrected chi connectivity index (χ1v) is 3.88. The Hall–Kier alpha value is -1.40. The highest BCUT2D eigenvalue weighted by Crippen LogP contribution is 2.14. The third-order valence-electron chi connectivity index (χ3n) is 1.45. The van der Waals surface area contributed by atoms with E-state index in [0.29, 0.717) is 25.4 Å². The van der Waals surface area contributed by atoms with Crippen molar-refractivity contribution in [2.24, 2.45) is 5.73 Å². The third kappa shape index (κ3) is 2.85. The van der Waals surface area contributed by atoms with Crippen molar-refractivity contribution in [3.63, 3.8) is 0 Å². The Morgan fingerprint density at radius 2 is 2.38 bits per heavy atom. The molecule has 1 aromatic rings. The Labute approximate surface area is 74.9 Å². The lowest BCUT2D eigenvalue weighted by Gasteiger charge is -1.97. The number of rotatable bonds is 5. The molecule has 6 heteroatoms. The van der Waals surface area contributed by atoms with Crippen LogP contribution in [-0.2, 0) is 6.54 Å². The molecule has 0 saturated heterocycles. The summed E-state index contributed by atoms with van der Waals surface area (Å²) >= 11 is 0. The summed E-state index contributed by atoms with van der Waals surface area (Å²) in [7, 11) is 0. The number of hydrogen-bond donors (Lipinski definition) is 2. The molecule has 0 saturated carbocycles. The molecule has 6 nitrogen and oxygen atoms in total. The van der Waals surface area contributed by atoms with E-state index >= 15 is 0 Å². The fourth-order valence-corrected chi connectivity index (χ4v) is 0.873. The second-order valence-corrected chi connectivity index (χ2v) is 2.46. The van der Waals surface area contributed by atoms with Gasteiger partial charge in [0.05, 0.1) is 12.6 Å². The lowest BCUT2D eigenvalue weighted by molar-refractivity contribution is -0.402. The van der Waals surface area contributed by atoms with Crippen LogP contribution in [0, 0.1) is 10.1 Å². The fraction of sp³-hybridized carbons (Fsp3) is 0.429. The molecule has 1 aromatic heterocycles. The highest BCUT2D eigenvalue weighted by molar-refractivity contribution is 5.17. The molecule has 3 N–H and O–H groups in total. The van der Waals surface area contributed by atoms with E-state index in [9.17, 15) is 10.1 Å². The minimum absolute atomic E-state index is 0.232. The van der Waals surface area contributed by atoms with Gasteiger partial charge in [0.25, 0.3) is 0 Å². The lowest BCUT2D eigenvalue weighted by Crippen LogP contribution is -2.21. The second kappa shape index (κ2) is 4.58. The minimum atomic E-state index is -0.563. The molecule has 0 aromatic carbocycles. The molecule has 1 rings (SSSR count). The molecule has 0 spiro atoms. The van der Waals surface area contributed by atoms with Crippen LogP contribution in [0.2, 0.25) is 0 Å². The number of furan rings is 1. The largest absolute Gasteiger partial charge is 0.433 e. The van der Waals surface area contributed by atoms with Gasteiger partial charge in [-0.1, -0.05) is 0 Å². The van der Waals surface area contributed by atoms with Crippen LogP contribution in [0.3, 0.4) is 0 Å². The van der Waals surface area contributed by atoms with Crippen molar-refractivity contribution in [1.29, 1.82) is 0 Å². The summed E-state index contributed by atoms with van der Waals surface area (Å²) in [6.45, 7) is 1.66. The van der Waals surface area contributed by atoms with E-state index in [1.54, 1.807) is 6.07 Å². The Bertz CT molecular complexity index is 284. The molecule has 0 unspecified atom stereocenters. The van der Waals surface area contributed by atoms with Gasteiger partial charge in [-0.2, -0.15) is 0 Å². The van der Waals surface area contributed by atoms with E-state index in [1.807, 2.05) is 0 Å². The maximum atomic E-state index is 10.2. The molecule has 1 heterocycles. The van der Waals surface area contributed by atoms with Gasteiger partial charge in [-0.15, -0.1) is 0 Å². The van der Waals surface area contributed by atoms with Crippen molar-refractivity contribution in [1.82, 2.24) is 5.32 Å². The Kier molecular flexibility index (Phi) is 3.41. The van der Waals surface area contributed by atoms with Crippen LogP contribution in [0.25, 0.3) is 0 Å². The molecular formula is C7H11N3O3. The van der Waals surface area contributed by atoms with E-state index in [0.717, 1.165) is 0 Å². The van der Waals surface area contributed by atoms with Crippen molar-refractivity contribution in [3.8, 4) is 0 Å². The van der Waals surface area contributed by atoms with E-state index in [4.69, 9.17) is 10.2 Å². The fourth-order valence-electron chi connectivity index (χ4n) is 0.873. The van der Waals surface area contributed by atoms with E-state index in [-0.39, 0.29) is 5.88 Å². The number of nitrogens with one attached hydrogen (secondary N) is 1. The van der Waals surface area contributed by atoms with Gasteiger partial charge in [-0.25, -0.2) is 0 Å². The smallest absolute Gasteiger partial charge is 0.404 e. The van der Waals surface area contributed by atoms with Crippen LogP contribution in [0.1, 0.15) is 5.76 Å². The van der Waals surface area contributed by atoms with E-state index < -0.39 is 4.92 Å². The highest BCUT2D eigenvalue weighted by atomic mass is 16.6. The predicted molar refractivity (Wildman–Crippen MR) is 46.1 cm³/mol. The van der Waals surface area contributed by atoms with E-state index in [2.05, 4.69) is 5.32 Å². The average Bonchev–Trinajstić information content (AvgIpc) is 2.53. The van der Waals surface area contributed by atoms with Crippen molar-refractivity contribution in [2.75, 3.05) is 13.1 Å². The van der Waals surface area contributed by atoms with Gasteiger partial charge in [0.1, 0.15) is 10.7 Å². The third-order valence-corrected chi connectivity index (χ3v) is 1.45. The van der Waals surface area contributed by atoms with Crippen LogP contribution in [0.4, 0.5) is 5.88 Å². The van der Waals surface area contributed by atoms with Gasteiger partial charge in [0.2, 0.25) is 0 Å². The molecule has 0 aliphatic rings. The number of hydrogen-bond acceptors (Lipinski definition) is 5. The molecule has 0 atom stereocenters. The summed E-state index contributed by atoms with van der Waals surface area (Å²) in [5.41, 5.74) is 5.24. The summed E-state index contributed by atoms with van der Waals surface area (Å²) in [6, 6.07) is 2.90. The number of nitrogens with zero attached hydrogens (tertiary/aromatic N) is 1. The molecule has 13 heavy (non-hydrogen) atoms. The molecule has 0 aliphatic carbocycles. The standard InChI is InChI=1S/C7H11N3O3/c8-3-4-9-5-6-1-2-7(13-6)10(11)12/h1-2,9H,3-5,8H2. The van der Waals surface area contributed by atoms with E-state index in [1.165, 1.54) is 6.07 Å². The average molecular weight is 185 g/mol. The van der Waals surface area contributed by atoms with Crippen LogP contribution in [-0.4, -0.2) is 18.0 Å². The van der Waals surface area contributed by atoms with Gasteiger partial charge < -0.3 is 15.5 Å². The minimum Gasteiger partial charge on any atom is -0.404 e. The first kappa shape index (κ1) is 9.69. The Morgan fingerprint density at radius 1 is 1.62 bits per heavy atom. The molecule has 0 bridgehead atoms.